The molecule has 0 bridgehead atoms. The number of aliphatic imine (C=N–C) groups is 1. The first-order chi connectivity index (χ1) is 12.1. The van der Waals surface area contributed by atoms with Crippen LogP contribution in [0.2, 0.25) is 0 Å². The lowest BCUT2D eigenvalue weighted by atomic mass is 10.1. The second kappa shape index (κ2) is 7.70. The average Bonchev–Trinajstić information content (AvgIpc) is 3.06. The monoisotopic (exact) mass is 339 g/mol. The third kappa shape index (κ3) is 4.50. The summed E-state index contributed by atoms with van der Waals surface area (Å²) in [6, 6.07) is 15.2. The van der Waals surface area contributed by atoms with Gasteiger partial charge in [-0.25, -0.2) is 4.99 Å². The van der Waals surface area contributed by atoms with E-state index < -0.39 is 0 Å². The largest absolute Gasteiger partial charge is 0.497 e. The Morgan fingerprint density at radius 1 is 1.24 bits per heavy atom. The Morgan fingerprint density at radius 3 is 2.56 bits per heavy atom. The molecule has 3 N–H and O–H groups in total. The van der Waals surface area contributed by atoms with E-state index in [0.29, 0.717) is 12.2 Å². The van der Waals surface area contributed by atoms with E-state index in [1.165, 1.54) is 5.56 Å². The molecular weight excluding hydrogens is 318 g/mol. The van der Waals surface area contributed by atoms with Gasteiger partial charge in [-0.05, 0) is 54.8 Å². The number of carbonyl (C=O) groups excluding carboxylic acids is 1. The summed E-state index contributed by atoms with van der Waals surface area (Å²) in [5, 5.41) is 2.89. The van der Waals surface area contributed by atoms with Crippen LogP contribution in [-0.4, -0.2) is 31.7 Å². The van der Waals surface area contributed by atoms with Gasteiger partial charge in [0.2, 0.25) is 0 Å². The minimum atomic E-state index is -0.150. The lowest BCUT2D eigenvalue weighted by Gasteiger charge is -2.08. The summed E-state index contributed by atoms with van der Waals surface area (Å²) in [5.74, 6) is 0.572. The zero-order valence-electron chi connectivity index (χ0n) is 14.1. The Balaban J connectivity index is 1.53. The van der Waals surface area contributed by atoms with E-state index in [2.05, 4.69) is 10.3 Å². The van der Waals surface area contributed by atoms with Gasteiger partial charge in [-0.3, -0.25) is 4.79 Å². The molecule has 0 spiro atoms. The number of nitrogens with two attached hydrogens (primary N) is 1. The Kier molecular flexibility index (Phi) is 5.18. The lowest BCUT2D eigenvalue weighted by Crippen LogP contribution is -2.12. The molecule has 6 nitrogen and oxygen atoms in total. The van der Waals surface area contributed by atoms with Gasteiger partial charge in [0.25, 0.3) is 11.9 Å². The van der Waals surface area contributed by atoms with Crippen molar-refractivity contribution in [2.45, 2.75) is 18.9 Å². The zero-order chi connectivity index (χ0) is 17.6. The van der Waals surface area contributed by atoms with Crippen molar-refractivity contribution in [3.05, 3.63) is 59.7 Å². The molecule has 6 heteroatoms. The first kappa shape index (κ1) is 16.8. The standard InChI is InChI=1S/C19H21N3O3/c1-24-17-10-5-14(6-11-17)18(23)21-15-7-2-13(3-8-15)4-9-16-12-25-19(20)22-16/h2-3,5-8,10-11,16H,4,9,12H2,1H3,(H2,20,22)(H,21,23)/t16-/m0/s1. The van der Waals surface area contributed by atoms with E-state index in [1.807, 2.05) is 24.3 Å². The molecule has 1 aliphatic rings. The third-order valence-electron chi connectivity index (χ3n) is 4.06. The number of amides is 1. The maximum absolute atomic E-state index is 12.2. The summed E-state index contributed by atoms with van der Waals surface area (Å²) in [4.78, 5) is 16.4. The van der Waals surface area contributed by atoms with Crippen molar-refractivity contribution in [1.29, 1.82) is 0 Å². The molecule has 1 atom stereocenters. The Bertz CT molecular complexity index is 754. The fourth-order valence-corrected chi connectivity index (χ4v) is 2.62. The molecule has 0 saturated heterocycles. The second-order valence-electron chi connectivity index (χ2n) is 5.85. The molecule has 0 aromatic heterocycles. The van der Waals surface area contributed by atoms with Gasteiger partial charge in [0.15, 0.2) is 0 Å². The van der Waals surface area contributed by atoms with Gasteiger partial charge >= 0.3 is 0 Å². The number of rotatable bonds is 6. The molecule has 0 fully saturated rings. The van der Waals surface area contributed by atoms with Crippen molar-refractivity contribution in [2.75, 3.05) is 19.0 Å². The maximum Gasteiger partial charge on any atom is 0.282 e. The van der Waals surface area contributed by atoms with Gasteiger partial charge in [0, 0.05) is 11.3 Å². The van der Waals surface area contributed by atoms with Crippen molar-refractivity contribution in [3.8, 4) is 5.75 Å². The first-order valence-corrected chi connectivity index (χ1v) is 8.14. The molecule has 1 amide bonds. The number of carbonyl (C=O) groups is 1. The van der Waals surface area contributed by atoms with Crippen LogP contribution in [0.25, 0.3) is 0 Å². The van der Waals surface area contributed by atoms with Gasteiger partial charge in [0.05, 0.1) is 13.2 Å². The summed E-state index contributed by atoms with van der Waals surface area (Å²) in [5.41, 5.74) is 8.03. The highest BCUT2D eigenvalue weighted by atomic mass is 16.5. The highest BCUT2D eigenvalue weighted by Crippen LogP contribution is 2.16. The SMILES string of the molecule is COc1ccc(C(=O)Nc2ccc(CC[C@H]3COC(N)=N3)cc2)cc1. The van der Waals surface area contributed by atoms with Crippen LogP contribution >= 0.6 is 0 Å². The van der Waals surface area contributed by atoms with E-state index in [0.717, 1.165) is 24.3 Å². The van der Waals surface area contributed by atoms with Crippen molar-refractivity contribution in [1.82, 2.24) is 0 Å². The van der Waals surface area contributed by atoms with E-state index in [-0.39, 0.29) is 18.0 Å². The molecule has 1 aliphatic heterocycles. The van der Waals surface area contributed by atoms with Crippen molar-refractivity contribution in [2.24, 2.45) is 10.7 Å². The molecule has 3 rings (SSSR count). The number of nitrogens with one attached hydrogen (secondary N) is 1. The Labute approximate surface area is 146 Å². The maximum atomic E-state index is 12.2. The molecule has 0 radical (unpaired) electrons. The van der Waals surface area contributed by atoms with E-state index in [4.69, 9.17) is 15.2 Å². The zero-order valence-corrected chi connectivity index (χ0v) is 14.1. The van der Waals surface area contributed by atoms with Crippen molar-refractivity contribution in [3.63, 3.8) is 0 Å². The fraction of sp³-hybridized carbons (Fsp3) is 0.263. The smallest absolute Gasteiger partial charge is 0.282 e. The quantitative estimate of drug-likeness (QED) is 0.847. The van der Waals surface area contributed by atoms with Crippen molar-refractivity contribution < 1.29 is 14.3 Å². The lowest BCUT2D eigenvalue weighted by molar-refractivity contribution is 0.102. The average molecular weight is 339 g/mol. The normalized spacial score (nSPS) is 16.0. The number of hydrogen-bond donors (Lipinski definition) is 2. The topological polar surface area (TPSA) is 85.9 Å². The van der Waals surface area contributed by atoms with Gasteiger partial charge in [0.1, 0.15) is 12.4 Å². The van der Waals surface area contributed by atoms with Crippen LogP contribution < -0.4 is 15.8 Å². The molecule has 0 aliphatic carbocycles. The summed E-state index contributed by atoms with van der Waals surface area (Å²) in [6.45, 7) is 0.557. The number of methoxy groups -OCH3 is 1. The van der Waals surface area contributed by atoms with Crippen LogP contribution in [0.3, 0.4) is 0 Å². The number of amidine groups is 1. The molecule has 0 saturated carbocycles. The molecule has 2 aromatic carbocycles. The van der Waals surface area contributed by atoms with Crippen LogP contribution in [0.4, 0.5) is 5.69 Å². The Hall–Kier alpha value is -3.02. The molecule has 1 heterocycles. The predicted octanol–water partition coefficient (Wildman–Crippen LogP) is 2.59. The van der Waals surface area contributed by atoms with Crippen LogP contribution in [0.1, 0.15) is 22.3 Å². The fourth-order valence-electron chi connectivity index (χ4n) is 2.62. The van der Waals surface area contributed by atoms with Crippen molar-refractivity contribution >= 4 is 17.6 Å². The van der Waals surface area contributed by atoms with Crippen LogP contribution in [0, 0.1) is 0 Å². The summed E-state index contributed by atoms with van der Waals surface area (Å²) < 4.78 is 10.2. The highest BCUT2D eigenvalue weighted by Gasteiger charge is 2.16. The summed E-state index contributed by atoms with van der Waals surface area (Å²) >= 11 is 0. The Morgan fingerprint density at radius 2 is 1.96 bits per heavy atom. The minimum Gasteiger partial charge on any atom is -0.497 e. The first-order valence-electron chi connectivity index (χ1n) is 8.14. The molecule has 25 heavy (non-hydrogen) atoms. The number of nitrogens with zero attached hydrogens (tertiary/aromatic N) is 1. The number of ether oxygens (including phenoxy) is 2. The summed E-state index contributed by atoms with van der Waals surface area (Å²) in [7, 11) is 1.59. The van der Waals surface area contributed by atoms with Gasteiger partial charge < -0.3 is 20.5 Å². The van der Waals surface area contributed by atoms with E-state index in [1.54, 1.807) is 31.4 Å². The van der Waals surface area contributed by atoms with Gasteiger partial charge in [-0.1, -0.05) is 12.1 Å². The van der Waals surface area contributed by atoms with E-state index in [9.17, 15) is 4.79 Å². The van der Waals surface area contributed by atoms with E-state index >= 15 is 0 Å². The minimum absolute atomic E-state index is 0.134. The van der Waals surface area contributed by atoms with Crippen LogP contribution in [0.15, 0.2) is 53.5 Å². The number of benzene rings is 2. The second-order valence-corrected chi connectivity index (χ2v) is 5.85. The number of anilines is 1. The van der Waals surface area contributed by atoms with Crippen LogP contribution in [-0.2, 0) is 11.2 Å². The van der Waals surface area contributed by atoms with Gasteiger partial charge in [-0.15, -0.1) is 0 Å². The van der Waals surface area contributed by atoms with Crippen LogP contribution in [0.5, 0.6) is 5.75 Å². The molecule has 0 unspecified atom stereocenters. The van der Waals surface area contributed by atoms with Gasteiger partial charge in [-0.2, -0.15) is 0 Å². The highest BCUT2D eigenvalue weighted by molar-refractivity contribution is 6.04. The number of hydrogen-bond acceptors (Lipinski definition) is 5. The third-order valence-corrected chi connectivity index (χ3v) is 4.06. The predicted molar refractivity (Wildman–Crippen MR) is 97.1 cm³/mol. The number of aryl methyl sites for hydroxylation is 1. The molecule has 2 aromatic rings. The molecular formula is C19H21N3O3. The molecule has 130 valence electrons. The summed E-state index contributed by atoms with van der Waals surface area (Å²) in [6.07, 6.45) is 1.77.